The van der Waals surface area contributed by atoms with Gasteiger partial charge in [0.2, 0.25) is 0 Å². The van der Waals surface area contributed by atoms with Crippen molar-refractivity contribution >= 4 is 28.6 Å². The summed E-state index contributed by atoms with van der Waals surface area (Å²) in [4.78, 5) is 11.2. The average molecular weight is 318 g/mol. The van der Waals surface area contributed by atoms with Crippen LogP contribution in [0, 0.1) is 10.5 Å². The molecule has 0 heterocycles. The molecule has 0 unspecified atom stereocenters. The lowest BCUT2D eigenvalue weighted by Crippen LogP contribution is -2.05. The number of carbonyl (C=O) groups is 1. The Bertz CT molecular complexity index is 347. The zero-order chi connectivity index (χ0) is 11.3. The number of hydrogen-bond acceptors (Lipinski definition) is 2. The minimum absolute atomic E-state index is 0.116. The van der Waals surface area contributed by atoms with E-state index in [1.54, 1.807) is 0 Å². The second-order valence-electron chi connectivity index (χ2n) is 3.40. The van der Waals surface area contributed by atoms with Crippen LogP contribution in [0.2, 0.25) is 0 Å². The van der Waals surface area contributed by atoms with Gasteiger partial charge in [-0.15, -0.1) is 0 Å². The number of benzene rings is 1. The van der Waals surface area contributed by atoms with Gasteiger partial charge in [-0.25, -0.2) is 0 Å². The van der Waals surface area contributed by atoms with Crippen molar-refractivity contribution in [3.8, 4) is 0 Å². The van der Waals surface area contributed by atoms with E-state index >= 15 is 0 Å². The highest BCUT2D eigenvalue weighted by Gasteiger charge is 2.05. The molecule has 1 aromatic carbocycles. The van der Waals surface area contributed by atoms with Gasteiger partial charge in [-0.1, -0.05) is 17.7 Å². The molecule has 0 atom stereocenters. The van der Waals surface area contributed by atoms with E-state index in [1.807, 2.05) is 6.92 Å². The highest BCUT2D eigenvalue weighted by Crippen LogP contribution is 2.16. The number of halogens is 1. The third-order valence-electron chi connectivity index (χ3n) is 2.11. The van der Waals surface area contributed by atoms with Crippen molar-refractivity contribution in [1.29, 1.82) is 0 Å². The number of aryl methyl sites for hydroxylation is 2. The molecule has 1 aromatic rings. The number of rotatable bonds is 4. The van der Waals surface area contributed by atoms with Crippen molar-refractivity contribution in [3.05, 3.63) is 32.9 Å². The van der Waals surface area contributed by atoms with Crippen LogP contribution in [0.25, 0.3) is 0 Å². The lowest BCUT2D eigenvalue weighted by Gasteiger charge is -2.05. The van der Waals surface area contributed by atoms with Crippen LogP contribution >= 0.6 is 22.6 Å². The molecule has 0 bridgehead atoms. The van der Waals surface area contributed by atoms with Crippen LogP contribution in [-0.2, 0) is 16.0 Å². The van der Waals surface area contributed by atoms with Crippen LogP contribution in [0.4, 0.5) is 0 Å². The number of ether oxygens (including phenoxy) is 1. The van der Waals surface area contributed by atoms with Gasteiger partial charge in [-0.2, -0.15) is 0 Å². The van der Waals surface area contributed by atoms with E-state index in [4.69, 9.17) is 4.74 Å². The molecule has 0 spiro atoms. The third-order valence-corrected chi connectivity index (χ3v) is 3.16. The quantitative estimate of drug-likeness (QED) is 0.630. The maximum atomic E-state index is 11.2. The second kappa shape index (κ2) is 6.10. The Morgan fingerprint density at radius 2 is 2.20 bits per heavy atom. The predicted molar refractivity (Wildman–Crippen MR) is 68.9 cm³/mol. The molecule has 0 saturated carbocycles. The first-order chi connectivity index (χ1) is 7.13. The molecule has 15 heavy (non-hydrogen) atoms. The summed E-state index contributed by atoms with van der Waals surface area (Å²) in [5.74, 6) is -0.116. The van der Waals surface area contributed by atoms with Crippen LogP contribution in [0.15, 0.2) is 18.2 Å². The Morgan fingerprint density at radius 1 is 1.47 bits per heavy atom. The zero-order valence-electron chi connectivity index (χ0n) is 9.05. The summed E-state index contributed by atoms with van der Waals surface area (Å²) < 4.78 is 6.10. The van der Waals surface area contributed by atoms with Crippen molar-refractivity contribution in [2.24, 2.45) is 0 Å². The maximum absolute atomic E-state index is 11.2. The topological polar surface area (TPSA) is 26.3 Å². The van der Waals surface area contributed by atoms with Crippen molar-refractivity contribution in [3.63, 3.8) is 0 Å². The second-order valence-corrected chi connectivity index (χ2v) is 4.56. The molecule has 0 N–H and O–H groups in total. The van der Waals surface area contributed by atoms with Crippen molar-refractivity contribution in [1.82, 2.24) is 0 Å². The fourth-order valence-corrected chi connectivity index (χ4v) is 1.97. The Labute approximate surface area is 104 Å². The molecule has 0 aliphatic heterocycles. The monoisotopic (exact) mass is 318 g/mol. The fourth-order valence-electron chi connectivity index (χ4n) is 1.36. The minimum Gasteiger partial charge on any atom is -0.466 e. The smallest absolute Gasteiger partial charge is 0.306 e. The van der Waals surface area contributed by atoms with Gasteiger partial charge in [0.25, 0.3) is 0 Å². The standard InChI is InChI=1S/C12H15IO2/c1-3-15-12(14)7-5-10-8-9(2)4-6-11(10)13/h4,6,8H,3,5,7H2,1-2H3. The Hall–Kier alpha value is -0.580. The van der Waals surface area contributed by atoms with Gasteiger partial charge < -0.3 is 4.74 Å². The van der Waals surface area contributed by atoms with Crippen molar-refractivity contribution < 1.29 is 9.53 Å². The van der Waals surface area contributed by atoms with E-state index in [1.165, 1.54) is 14.7 Å². The van der Waals surface area contributed by atoms with Crippen LogP contribution < -0.4 is 0 Å². The van der Waals surface area contributed by atoms with Crippen LogP contribution in [0.3, 0.4) is 0 Å². The van der Waals surface area contributed by atoms with Gasteiger partial charge in [0.1, 0.15) is 0 Å². The fraction of sp³-hybridized carbons (Fsp3) is 0.417. The average Bonchev–Trinajstić information content (AvgIpc) is 2.20. The molecular formula is C12H15IO2. The van der Waals surface area contributed by atoms with E-state index in [0.29, 0.717) is 13.0 Å². The van der Waals surface area contributed by atoms with Gasteiger partial charge >= 0.3 is 5.97 Å². The van der Waals surface area contributed by atoms with E-state index in [0.717, 1.165) is 6.42 Å². The molecule has 0 radical (unpaired) electrons. The van der Waals surface area contributed by atoms with Crippen LogP contribution in [-0.4, -0.2) is 12.6 Å². The molecule has 0 aliphatic rings. The Kier molecular flexibility index (Phi) is 5.08. The SMILES string of the molecule is CCOC(=O)CCc1cc(C)ccc1I. The third kappa shape index (κ3) is 4.20. The molecule has 0 saturated heterocycles. The van der Waals surface area contributed by atoms with Gasteiger partial charge in [0, 0.05) is 9.99 Å². The first-order valence-electron chi connectivity index (χ1n) is 5.04. The summed E-state index contributed by atoms with van der Waals surface area (Å²) in [6.45, 7) is 4.35. The molecule has 1 rings (SSSR count). The summed E-state index contributed by atoms with van der Waals surface area (Å²) in [5, 5.41) is 0. The summed E-state index contributed by atoms with van der Waals surface area (Å²) in [6, 6.07) is 6.28. The first-order valence-corrected chi connectivity index (χ1v) is 6.12. The van der Waals surface area contributed by atoms with Crippen molar-refractivity contribution in [2.75, 3.05) is 6.61 Å². The molecule has 0 amide bonds. The largest absolute Gasteiger partial charge is 0.466 e. The first kappa shape index (κ1) is 12.5. The number of hydrogen-bond donors (Lipinski definition) is 0. The van der Waals surface area contributed by atoms with Crippen molar-refractivity contribution in [2.45, 2.75) is 26.7 Å². The molecule has 82 valence electrons. The molecule has 3 heteroatoms. The lowest BCUT2D eigenvalue weighted by molar-refractivity contribution is -0.143. The Morgan fingerprint density at radius 3 is 2.87 bits per heavy atom. The number of esters is 1. The highest BCUT2D eigenvalue weighted by atomic mass is 127. The Balaban J connectivity index is 2.57. The van der Waals surface area contributed by atoms with Crippen LogP contribution in [0.5, 0.6) is 0 Å². The van der Waals surface area contributed by atoms with E-state index in [9.17, 15) is 4.79 Å². The zero-order valence-corrected chi connectivity index (χ0v) is 11.2. The predicted octanol–water partition coefficient (Wildman–Crippen LogP) is 3.10. The van der Waals surface area contributed by atoms with E-state index in [2.05, 4.69) is 47.7 Å². The molecule has 0 aromatic heterocycles. The van der Waals surface area contributed by atoms with Crippen LogP contribution in [0.1, 0.15) is 24.5 Å². The van der Waals surface area contributed by atoms with Gasteiger partial charge in [0.05, 0.1) is 6.61 Å². The van der Waals surface area contributed by atoms with Gasteiger partial charge in [0.15, 0.2) is 0 Å². The molecule has 0 aliphatic carbocycles. The lowest BCUT2D eigenvalue weighted by atomic mass is 10.1. The van der Waals surface area contributed by atoms with E-state index < -0.39 is 0 Å². The highest BCUT2D eigenvalue weighted by molar-refractivity contribution is 14.1. The molecular weight excluding hydrogens is 303 g/mol. The maximum Gasteiger partial charge on any atom is 0.306 e. The summed E-state index contributed by atoms with van der Waals surface area (Å²) in [7, 11) is 0. The summed E-state index contributed by atoms with van der Waals surface area (Å²) >= 11 is 2.29. The minimum atomic E-state index is -0.116. The van der Waals surface area contributed by atoms with E-state index in [-0.39, 0.29) is 5.97 Å². The van der Waals surface area contributed by atoms with Gasteiger partial charge in [-0.05, 0) is 54.5 Å². The summed E-state index contributed by atoms with van der Waals surface area (Å²) in [5.41, 5.74) is 2.46. The van der Waals surface area contributed by atoms with Gasteiger partial charge in [-0.3, -0.25) is 4.79 Å². The molecule has 0 fully saturated rings. The number of carbonyl (C=O) groups excluding carboxylic acids is 1. The molecule has 2 nitrogen and oxygen atoms in total. The summed E-state index contributed by atoms with van der Waals surface area (Å²) in [6.07, 6.45) is 1.23. The normalized spacial score (nSPS) is 10.1.